The van der Waals surface area contributed by atoms with Gasteiger partial charge in [0.25, 0.3) is 0 Å². The summed E-state index contributed by atoms with van der Waals surface area (Å²) >= 11 is 0. The minimum absolute atomic E-state index is 0.0426. The number of carbonyl (C=O) groups is 1. The van der Waals surface area contributed by atoms with Crippen molar-refractivity contribution in [1.82, 2.24) is 5.32 Å². The lowest BCUT2D eigenvalue weighted by molar-refractivity contribution is -0.122. The van der Waals surface area contributed by atoms with Gasteiger partial charge in [0.15, 0.2) is 0 Å². The highest BCUT2D eigenvalue weighted by Crippen LogP contribution is 2.14. The largest absolute Gasteiger partial charge is 0.356 e. The molecule has 3 heteroatoms. The van der Waals surface area contributed by atoms with Crippen LogP contribution in [-0.2, 0) is 4.79 Å². The van der Waals surface area contributed by atoms with Gasteiger partial charge < -0.3 is 11.1 Å². The van der Waals surface area contributed by atoms with Crippen LogP contribution in [0.3, 0.4) is 0 Å². The van der Waals surface area contributed by atoms with E-state index in [1.807, 2.05) is 0 Å². The SMILES string of the molecule is C#CC(N)CC1CCNC1=O. The van der Waals surface area contributed by atoms with Gasteiger partial charge in [0, 0.05) is 12.5 Å². The van der Waals surface area contributed by atoms with Crippen molar-refractivity contribution in [2.45, 2.75) is 18.9 Å². The van der Waals surface area contributed by atoms with Crippen LogP contribution in [0, 0.1) is 18.3 Å². The van der Waals surface area contributed by atoms with Crippen LogP contribution >= 0.6 is 0 Å². The Morgan fingerprint density at radius 2 is 2.64 bits per heavy atom. The van der Waals surface area contributed by atoms with E-state index in [2.05, 4.69) is 11.2 Å². The summed E-state index contributed by atoms with van der Waals surface area (Å²) in [5, 5.41) is 2.74. The number of nitrogens with two attached hydrogens (primary N) is 1. The highest BCUT2D eigenvalue weighted by Gasteiger charge is 2.24. The molecule has 3 N–H and O–H groups in total. The lowest BCUT2D eigenvalue weighted by Crippen LogP contribution is -2.26. The highest BCUT2D eigenvalue weighted by atomic mass is 16.2. The van der Waals surface area contributed by atoms with E-state index in [0.29, 0.717) is 6.42 Å². The zero-order valence-corrected chi connectivity index (χ0v) is 6.34. The Hall–Kier alpha value is -1.01. The fourth-order valence-corrected chi connectivity index (χ4v) is 1.24. The van der Waals surface area contributed by atoms with Gasteiger partial charge in [0.2, 0.25) is 5.91 Å². The summed E-state index contributed by atoms with van der Waals surface area (Å²) in [7, 11) is 0. The number of terminal acetylenes is 1. The van der Waals surface area contributed by atoms with Crippen molar-refractivity contribution < 1.29 is 4.79 Å². The van der Waals surface area contributed by atoms with E-state index < -0.39 is 0 Å². The summed E-state index contributed by atoms with van der Waals surface area (Å²) in [6, 6.07) is -0.274. The highest BCUT2D eigenvalue weighted by molar-refractivity contribution is 5.80. The second-order valence-electron chi connectivity index (χ2n) is 2.79. The Labute approximate surface area is 66.3 Å². The molecule has 1 fully saturated rings. The monoisotopic (exact) mass is 152 g/mol. The van der Waals surface area contributed by atoms with Crippen molar-refractivity contribution in [3.8, 4) is 12.3 Å². The molecule has 0 aromatic carbocycles. The summed E-state index contributed by atoms with van der Waals surface area (Å²) < 4.78 is 0. The fourth-order valence-electron chi connectivity index (χ4n) is 1.24. The number of carbonyl (C=O) groups excluding carboxylic acids is 1. The van der Waals surface area contributed by atoms with Gasteiger partial charge in [-0.15, -0.1) is 6.42 Å². The van der Waals surface area contributed by atoms with E-state index >= 15 is 0 Å². The molecule has 0 spiro atoms. The van der Waals surface area contributed by atoms with Crippen LogP contribution in [0.25, 0.3) is 0 Å². The average molecular weight is 152 g/mol. The van der Waals surface area contributed by atoms with Crippen molar-refractivity contribution in [2.24, 2.45) is 11.7 Å². The summed E-state index contributed by atoms with van der Waals surface area (Å²) in [5.74, 6) is 2.55. The number of hydrogen-bond acceptors (Lipinski definition) is 2. The molecule has 0 aromatic rings. The van der Waals surface area contributed by atoms with E-state index in [-0.39, 0.29) is 17.9 Å². The Bertz CT molecular complexity index is 195. The average Bonchev–Trinajstić information content (AvgIpc) is 2.37. The molecule has 0 radical (unpaired) electrons. The van der Waals surface area contributed by atoms with Crippen molar-refractivity contribution in [3.05, 3.63) is 0 Å². The third-order valence-corrected chi connectivity index (χ3v) is 1.92. The normalized spacial score (nSPS) is 25.8. The second kappa shape index (κ2) is 3.40. The van der Waals surface area contributed by atoms with Gasteiger partial charge in [-0.3, -0.25) is 4.79 Å². The van der Waals surface area contributed by atoms with Crippen LogP contribution in [0.2, 0.25) is 0 Å². The van der Waals surface area contributed by atoms with Crippen LogP contribution in [-0.4, -0.2) is 18.5 Å². The predicted octanol–water partition coefficient (Wildman–Crippen LogP) is -0.527. The van der Waals surface area contributed by atoms with Crippen LogP contribution in [0.5, 0.6) is 0 Å². The first-order valence-electron chi connectivity index (χ1n) is 3.73. The third-order valence-electron chi connectivity index (χ3n) is 1.92. The third kappa shape index (κ3) is 1.95. The minimum atomic E-state index is -0.274. The number of rotatable bonds is 2. The maximum Gasteiger partial charge on any atom is 0.223 e. The van der Waals surface area contributed by atoms with Crippen LogP contribution in [0.4, 0.5) is 0 Å². The molecule has 0 bridgehead atoms. The Morgan fingerprint density at radius 3 is 3.09 bits per heavy atom. The molecule has 1 rings (SSSR count). The van der Waals surface area contributed by atoms with E-state index in [4.69, 9.17) is 12.2 Å². The molecular formula is C8H12N2O. The quantitative estimate of drug-likeness (QED) is 0.523. The first kappa shape index (κ1) is 8.09. The summed E-state index contributed by atoms with van der Waals surface area (Å²) in [6.07, 6.45) is 6.57. The molecular weight excluding hydrogens is 140 g/mol. The lowest BCUT2D eigenvalue weighted by Gasteiger charge is -2.07. The molecule has 1 saturated heterocycles. The maximum atomic E-state index is 11.0. The predicted molar refractivity (Wildman–Crippen MR) is 42.5 cm³/mol. The van der Waals surface area contributed by atoms with Crippen LogP contribution < -0.4 is 11.1 Å². The van der Waals surface area contributed by atoms with Gasteiger partial charge in [0.05, 0.1) is 6.04 Å². The Kier molecular flexibility index (Phi) is 2.50. The van der Waals surface area contributed by atoms with Crippen molar-refractivity contribution >= 4 is 5.91 Å². The van der Waals surface area contributed by atoms with Gasteiger partial charge in [-0.25, -0.2) is 0 Å². The Balaban J connectivity index is 2.38. The topological polar surface area (TPSA) is 55.1 Å². The molecule has 3 nitrogen and oxygen atoms in total. The van der Waals surface area contributed by atoms with Crippen molar-refractivity contribution in [1.29, 1.82) is 0 Å². The fraction of sp³-hybridized carbons (Fsp3) is 0.625. The van der Waals surface area contributed by atoms with Gasteiger partial charge >= 0.3 is 0 Å². The molecule has 2 unspecified atom stereocenters. The molecule has 60 valence electrons. The molecule has 1 heterocycles. The molecule has 1 amide bonds. The first-order chi connectivity index (χ1) is 5.24. The standard InChI is InChI=1S/C8H12N2O/c1-2-7(9)5-6-3-4-10-8(6)11/h1,6-7H,3-5,9H2,(H,10,11). The van der Waals surface area contributed by atoms with Crippen molar-refractivity contribution in [3.63, 3.8) is 0 Å². The van der Waals surface area contributed by atoms with E-state index in [1.54, 1.807) is 0 Å². The first-order valence-corrected chi connectivity index (χ1v) is 3.73. The van der Waals surface area contributed by atoms with Gasteiger partial charge in [-0.05, 0) is 12.8 Å². The van der Waals surface area contributed by atoms with Crippen molar-refractivity contribution in [2.75, 3.05) is 6.54 Å². The molecule has 1 aliphatic rings. The Morgan fingerprint density at radius 1 is 1.91 bits per heavy atom. The van der Waals surface area contributed by atoms with E-state index in [9.17, 15) is 4.79 Å². The summed E-state index contributed by atoms with van der Waals surface area (Å²) in [6.45, 7) is 0.765. The number of nitrogens with one attached hydrogen (secondary N) is 1. The zero-order valence-electron chi connectivity index (χ0n) is 6.34. The maximum absolute atomic E-state index is 11.0. The second-order valence-corrected chi connectivity index (χ2v) is 2.79. The molecule has 0 saturated carbocycles. The smallest absolute Gasteiger partial charge is 0.223 e. The number of amides is 1. The number of hydrogen-bond donors (Lipinski definition) is 2. The summed E-state index contributed by atoms with van der Waals surface area (Å²) in [4.78, 5) is 11.0. The molecule has 1 aliphatic heterocycles. The van der Waals surface area contributed by atoms with Gasteiger partial charge in [-0.1, -0.05) is 5.92 Å². The lowest BCUT2D eigenvalue weighted by atomic mass is 9.99. The minimum Gasteiger partial charge on any atom is -0.356 e. The zero-order chi connectivity index (χ0) is 8.27. The molecule has 0 aliphatic carbocycles. The molecule has 2 atom stereocenters. The molecule has 11 heavy (non-hydrogen) atoms. The van der Waals surface area contributed by atoms with E-state index in [0.717, 1.165) is 13.0 Å². The van der Waals surface area contributed by atoms with Crippen LogP contribution in [0.15, 0.2) is 0 Å². The van der Waals surface area contributed by atoms with Crippen LogP contribution in [0.1, 0.15) is 12.8 Å². The van der Waals surface area contributed by atoms with E-state index in [1.165, 1.54) is 0 Å². The van der Waals surface area contributed by atoms with Gasteiger partial charge in [-0.2, -0.15) is 0 Å². The van der Waals surface area contributed by atoms with Gasteiger partial charge in [0.1, 0.15) is 0 Å². The summed E-state index contributed by atoms with van der Waals surface area (Å²) in [5.41, 5.74) is 5.50. The molecule has 0 aromatic heterocycles.